The fraction of sp³-hybridized carbons (Fsp3) is 0.429. The van der Waals surface area contributed by atoms with Crippen LogP contribution in [0.25, 0.3) is 11.5 Å². The van der Waals surface area contributed by atoms with Crippen LogP contribution in [0.5, 0.6) is 0 Å². The molecule has 20 heavy (non-hydrogen) atoms. The lowest BCUT2D eigenvalue weighted by Crippen LogP contribution is -2.40. The van der Waals surface area contributed by atoms with Crippen molar-refractivity contribution in [3.63, 3.8) is 0 Å². The van der Waals surface area contributed by atoms with Crippen LogP contribution in [0.2, 0.25) is 5.02 Å². The zero-order valence-corrected chi connectivity index (χ0v) is 12.5. The predicted molar refractivity (Wildman–Crippen MR) is 77.4 cm³/mol. The van der Waals surface area contributed by atoms with Crippen LogP contribution in [0.1, 0.15) is 26.6 Å². The smallest absolute Gasteiger partial charge is 0.257 e. The molecule has 2 aromatic rings. The van der Waals surface area contributed by atoms with Crippen molar-refractivity contribution < 1.29 is 9.26 Å². The highest BCUT2D eigenvalue weighted by Gasteiger charge is 2.28. The second kappa shape index (κ2) is 5.91. The van der Waals surface area contributed by atoms with Crippen molar-refractivity contribution in [2.45, 2.75) is 32.4 Å². The topological polar surface area (TPSA) is 74.2 Å². The first-order chi connectivity index (χ1) is 9.38. The van der Waals surface area contributed by atoms with Crippen molar-refractivity contribution in [2.24, 2.45) is 5.73 Å². The molecule has 1 aromatic heterocycles. The molecule has 0 bridgehead atoms. The maximum atomic E-state index is 6.17. The Bertz CT molecular complexity index is 564. The Morgan fingerprint density at radius 1 is 1.35 bits per heavy atom. The van der Waals surface area contributed by atoms with Gasteiger partial charge in [0.1, 0.15) is 5.54 Å². The van der Waals surface area contributed by atoms with Crippen LogP contribution in [-0.4, -0.2) is 22.9 Å². The first-order valence-electron chi connectivity index (χ1n) is 6.39. The van der Waals surface area contributed by atoms with E-state index >= 15 is 0 Å². The second-order valence-corrected chi connectivity index (χ2v) is 5.64. The minimum Gasteiger partial charge on any atom is -0.376 e. The van der Waals surface area contributed by atoms with E-state index in [1.807, 2.05) is 32.9 Å². The third-order valence-electron chi connectivity index (χ3n) is 2.74. The summed E-state index contributed by atoms with van der Waals surface area (Å²) in [5.41, 5.74) is 6.18. The maximum Gasteiger partial charge on any atom is 0.257 e. The van der Waals surface area contributed by atoms with Crippen LogP contribution in [-0.2, 0) is 10.3 Å². The van der Waals surface area contributed by atoms with E-state index in [1.54, 1.807) is 12.1 Å². The molecule has 1 aromatic carbocycles. The fourth-order valence-electron chi connectivity index (χ4n) is 1.57. The van der Waals surface area contributed by atoms with Crippen LogP contribution in [0.15, 0.2) is 28.8 Å². The fourth-order valence-corrected chi connectivity index (χ4v) is 1.70. The molecule has 5 nitrogen and oxygen atoms in total. The van der Waals surface area contributed by atoms with Gasteiger partial charge in [0.05, 0.1) is 12.7 Å². The SMILES string of the molecule is CC(C)OCC(C)(N)c1noc(-c2ccc(Cl)cc2)n1. The average Bonchev–Trinajstić information content (AvgIpc) is 2.88. The lowest BCUT2D eigenvalue weighted by atomic mass is 10.1. The van der Waals surface area contributed by atoms with Gasteiger partial charge < -0.3 is 15.0 Å². The number of hydrogen-bond donors (Lipinski definition) is 1. The van der Waals surface area contributed by atoms with Crippen molar-refractivity contribution in [3.8, 4) is 11.5 Å². The molecule has 0 saturated heterocycles. The molecule has 1 atom stereocenters. The molecule has 1 unspecified atom stereocenters. The Hall–Kier alpha value is -1.43. The Morgan fingerprint density at radius 2 is 2.00 bits per heavy atom. The van der Waals surface area contributed by atoms with Gasteiger partial charge in [-0.25, -0.2) is 0 Å². The molecule has 0 spiro atoms. The largest absolute Gasteiger partial charge is 0.376 e. The maximum absolute atomic E-state index is 6.17. The number of nitrogens with zero attached hydrogens (tertiary/aromatic N) is 2. The van der Waals surface area contributed by atoms with Gasteiger partial charge in [0.15, 0.2) is 5.82 Å². The van der Waals surface area contributed by atoms with Gasteiger partial charge in [-0.2, -0.15) is 4.98 Å². The van der Waals surface area contributed by atoms with E-state index < -0.39 is 5.54 Å². The predicted octanol–water partition coefficient (Wildman–Crippen LogP) is 2.99. The molecule has 6 heteroatoms. The quantitative estimate of drug-likeness (QED) is 0.918. The summed E-state index contributed by atoms with van der Waals surface area (Å²) in [5, 5.41) is 4.60. The minimum absolute atomic E-state index is 0.0977. The molecule has 0 aliphatic heterocycles. The summed E-state index contributed by atoms with van der Waals surface area (Å²) < 4.78 is 10.8. The summed E-state index contributed by atoms with van der Waals surface area (Å²) in [7, 11) is 0. The monoisotopic (exact) mass is 295 g/mol. The van der Waals surface area contributed by atoms with E-state index in [0.29, 0.717) is 23.3 Å². The molecule has 0 aliphatic rings. The Morgan fingerprint density at radius 3 is 2.60 bits per heavy atom. The number of benzene rings is 1. The van der Waals surface area contributed by atoms with E-state index in [2.05, 4.69) is 10.1 Å². The molecule has 1 heterocycles. The van der Waals surface area contributed by atoms with E-state index in [1.165, 1.54) is 0 Å². The Balaban J connectivity index is 2.17. The third-order valence-corrected chi connectivity index (χ3v) is 3.00. The number of nitrogens with two attached hydrogens (primary N) is 1. The summed E-state index contributed by atoms with van der Waals surface area (Å²) in [4.78, 5) is 4.33. The summed E-state index contributed by atoms with van der Waals surface area (Å²) in [5.74, 6) is 0.834. The van der Waals surface area contributed by atoms with E-state index in [-0.39, 0.29) is 6.10 Å². The zero-order chi connectivity index (χ0) is 14.8. The number of aromatic nitrogens is 2. The van der Waals surface area contributed by atoms with Crippen LogP contribution in [0.3, 0.4) is 0 Å². The lowest BCUT2D eigenvalue weighted by Gasteiger charge is -2.21. The van der Waals surface area contributed by atoms with Gasteiger partial charge >= 0.3 is 0 Å². The summed E-state index contributed by atoms with van der Waals surface area (Å²) in [6.45, 7) is 6.03. The number of rotatable bonds is 5. The standard InChI is InChI=1S/C14H18ClN3O2/c1-9(2)19-8-14(3,16)13-17-12(20-18-13)10-4-6-11(15)7-5-10/h4-7,9H,8,16H2,1-3H3. The first kappa shape index (κ1) is 15.0. The van der Waals surface area contributed by atoms with Crippen molar-refractivity contribution in [3.05, 3.63) is 35.1 Å². The van der Waals surface area contributed by atoms with Crippen LogP contribution in [0, 0.1) is 0 Å². The van der Waals surface area contributed by atoms with Crippen LogP contribution < -0.4 is 5.73 Å². The molecule has 2 rings (SSSR count). The molecule has 0 amide bonds. The van der Waals surface area contributed by atoms with E-state index in [9.17, 15) is 0 Å². The summed E-state index contributed by atoms with van der Waals surface area (Å²) in [6.07, 6.45) is 0.0977. The van der Waals surface area contributed by atoms with Crippen molar-refractivity contribution in [1.29, 1.82) is 0 Å². The highest BCUT2D eigenvalue weighted by molar-refractivity contribution is 6.30. The molecular weight excluding hydrogens is 278 g/mol. The van der Waals surface area contributed by atoms with Gasteiger partial charge in [0.2, 0.25) is 0 Å². The minimum atomic E-state index is -0.793. The molecule has 2 N–H and O–H groups in total. The van der Waals surface area contributed by atoms with Crippen molar-refractivity contribution in [2.75, 3.05) is 6.61 Å². The number of hydrogen-bond acceptors (Lipinski definition) is 5. The van der Waals surface area contributed by atoms with Gasteiger partial charge in [-0.1, -0.05) is 16.8 Å². The number of ether oxygens (including phenoxy) is 1. The van der Waals surface area contributed by atoms with E-state index in [4.69, 9.17) is 26.6 Å². The second-order valence-electron chi connectivity index (χ2n) is 5.21. The van der Waals surface area contributed by atoms with Crippen LogP contribution in [0.4, 0.5) is 0 Å². The number of halogens is 1. The van der Waals surface area contributed by atoms with E-state index in [0.717, 1.165) is 5.56 Å². The normalized spacial score (nSPS) is 14.5. The van der Waals surface area contributed by atoms with Crippen molar-refractivity contribution >= 4 is 11.6 Å². The average molecular weight is 296 g/mol. The molecule has 0 radical (unpaired) electrons. The highest BCUT2D eigenvalue weighted by Crippen LogP contribution is 2.23. The van der Waals surface area contributed by atoms with Gasteiger partial charge in [-0.3, -0.25) is 0 Å². The lowest BCUT2D eigenvalue weighted by molar-refractivity contribution is 0.0410. The van der Waals surface area contributed by atoms with Gasteiger partial charge in [0.25, 0.3) is 5.89 Å². The Kier molecular flexibility index (Phi) is 4.42. The first-order valence-corrected chi connectivity index (χ1v) is 6.77. The molecule has 108 valence electrons. The van der Waals surface area contributed by atoms with Gasteiger partial charge in [-0.15, -0.1) is 0 Å². The molecule has 0 aliphatic carbocycles. The molecular formula is C14H18ClN3O2. The molecule has 0 saturated carbocycles. The van der Waals surface area contributed by atoms with Crippen LogP contribution >= 0.6 is 11.6 Å². The van der Waals surface area contributed by atoms with Crippen molar-refractivity contribution in [1.82, 2.24) is 10.1 Å². The zero-order valence-electron chi connectivity index (χ0n) is 11.8. The summed E-state index contributed by atoms with van der Waals surface area (Å²) in [6, 6.07) is 7.17. The highest BCUT2D eigenvalue weighted by atomic mass is 35.5. The third kappa shape index (κ3) is 3.56. The molecule has 0 fully saturated rings. The Labute approximate surface area is 123 Å². The van der Waals surface area contributed by atoms with Gasteiger partial charge in [-0.05, 0) is 45.0 Å². The summed E-state index contributed by atoms with van der Waals surface area (Å²) >= 11 is 5.84. The van der Waals surface area contributed by atoms with Gasteiger partial charge in [0, 0.05) is 10.6 Å².